The van der Waals surface area contributed by atoms with E-state index in [-0.39, 0.29) is 0 Å². The molecule has 0 aromatic heterocycles. The van der Waals surface area contributed by atoms with Crippen molar-refractivity contribution < 1.29 is 16.5 Å². The average Bonchev–Trinajstić information content (AvgIpc) is 2.55. The molecule has 0 aliphatic heterocycles. The van der Waals surface area contributed by atoms with Crippen LogP contribution in [-0.2, 0) is 16.5 Å². The minimum atomic E-state index is -2.46. The monoisotopic (exact) mass is 462 g/mol. The van der Waals surface area contributed by atoms with Crippen molar-refractivity contribution >= 4 is 42.3 Å². The molecule has 27 heavy (non-hydrogen) atoms. The largest absolute Gasteiger partial charge is 0.436 e. The van der Waals surface area contributed by atoms with Crippen LogP contribution in [0, 0.1) is 0 Å². The predicted octanol–water partition coefficient (Wildman–Crippen LogP) is 6.28. The van der Waals surface area contributed by atoms with E-state index in [4.69, 9.17) is 16.5 Å². The van der Waals surface area contributed by atoms with E-state index in [1.54, 1.807) is 0 Å². The van der Waals surface area contributed by atoms with Gasteiger partial charge in [-0.2, -0.15) is 0 Å². The summed E-state index contributed by atoms with van der Waals surface area (Å²) in [5.41, 5.74) is 5.52. The van der Waals surface area contributed by atoms with Gasteiger partial charge in [-0.05, 0) is 57.4 Å². The van der Waals surface area contributed by atoms with Gasteiger partial charge in [0.25, 0.3) is 8.32 Å². The van der Waals surface area contributed by atoms with E-state index < -0.39 is 42.3 Å². The van der Waals surface area contributed by atoms with Crippen molar-refractivity contribution in [2.45, 2.75) is 78.2 Å². The smallest absolute Gasteiger partial charge is 0.314 e. The van der Waals surface area contributed by atoms with E-state index >= 15 is 0 Å². The molecule has 0 spiro atoms. The van der Waals surface area contributed by atoms with Crippen LogP contribution in [0.1, 0.15) is 20.8 Å². The Balaban J connectivity index is 5.32. The lowest BCUT2D eigenvalue weighted by atomic mass is 10.9. The molecule has 0 fully saturated rings. The second-order valence-corrected chi connectivity index (χ2v) is 27.4. The van der Waals surface area contributed by atoms with E-state index in [2.05, 4.69) is 79.8 Å². The minimum absolute atomic E-state index is 1.12. The first-order valence-electron chi connectivity index (χ1n) is 9.91. The zero-order chi connectivity index (χ0) is 21.6. The summed E-state index contributed by atoms with van der Waals surface area (Å²) in [7, 11) is -11.3. The second kappa shape index (κ2) is 10.3. The molecule has 0 aromatic rings. The third-order valence-corrected chi connectivity index (χ3v) is 25.5. The highest BCUT2D eigenvalue weighted by atomic mass is 28.5. The van der Waals surface area contributed by atoms with Gasteiger partial charge in [-0.25, -0.2) is 0 Å². The van der Waals surface area contributed by atoms with Crippen LogP contribution >= 0.6 is 0 Å². The normalized spacial score (nSPS) is 14.1. The Morgan fingerprint density at radius 1 is 0.556 bits per heavy atom. The molecular formula is C18H42O4Si5. The number of hydrogen-bond acceptors (Lipinski definition) is 4. The molecule has 0 unspecified atom stereocenters. The van der Waals surface area contributed by atoms with Crippen LogP contribution in [0.15, 0.2) is 36.8 Å². The molecule has 0 amide bonds. The third-order valence-electron chi connectivity index (χ3n) is 4.76. The Bertz CT molecular complexity index is 486. The van der Waals surface area contributed by atoms with Gasteiger partial charge >= 0.3 is 25.7 Å². The van der Waals surface area contributed by atoms with Gasteiger partial charge in [0.1, 0.15) is 0 Å². The van der Waals surface area contributed by atoms with E-state index in [0.29, 0.717) is 0 Å². The SMILES string of the molecule is C=C[Si](C=C)(C=C)O[Si](C)(C)O[Si](C)(C)O[Si](C)(C)O[Si](CC)(CC)CC. The molecule has 4 nitrogen and oxygen atoms in total. The van der Waals surface area contributed by atoms with E-state index in [1.165, 1.54) is 0 Å². The van der Waals surface area contributed by atoms with Gasteiger partial charge in [0, 0.05) is 0 Å². The van der Waals surface area contributed by atoms with Crippen molar-refractivity contribution in [2.75, 3.05) is 0 Å². The quantitative estimate of drug-likeness (QED) is 0.284. The van der Waals surface area contributed by atoms with Crippen molar-refractivity contribution in [1.82, 2.24) is 0 Å². The van der Waals surface area contributed by atoms with Gasteiger partial charge in [0.2, 0.25) is 0 Å². The molecular weight excluding hydrogens is 421 g/mol. The fourth-order valence-corrected chi connectivity index (χ4v) is 26.9. The number of rotatable bonds is 14. The molecule has 0 saturated carbocycles. The minimum Gasteiger partial charge on any atom is -0.436 e. The Morgan fingerprint density at radius 3 is 1.15 bits per heavy atom. The van der Waals surface area contributed by atoms with Crippen LogP contribution in [0.2, 0.25) is 57.4 Å². The topological polar surface area (TPSA) is 36.9 Å². The fourth-order valence-electron chi connectivity index (χ4n) is 3.53. The zero-order valence-corrected chi connectivity index (χ0v) is 24.1. The number of hydrogen-bond donors (Lipinski definition) is 0. The summed E-state index contributed by atoms with van der Waals surface area (Å²) in [5, 5.41) is 0. The molecule has 0 N–H and O–H groups in total. The van der Waals surface area contributed by atoms with E-state index in [1.807, 2.05) is 17.1 Å². The van der Waals surface area contributed by atoms with Crippen LogP contribution in [0.5, 0.6) is 0 Å². The summed E-state index contributed by atoms with van der Waals surface area (Å²) in [5.74, 6) is 0. The molecule has 0 aliphatic rings. The maximum Gasteiger partial charge on any atom is 0.314 e. The van der Waals surface area contributed by atoms with Gasteiger partial charge in [-0.3, -0.25) is 0 Å². The summed E-state index contributed by atoms with van der Waals surface area (Å²) in [4.78, 5) is 0. The van der Waals surface area contributed by atoms with Gasteiger partial charge in [-0.1, -0.05) is 37.9 Å². The molecule has 158 valence electrons. The summed E-state index contributed by atoms with van der Waals surface area (Å²) in [6.45, 7) is 31.1. The van der Waals surface area contributed by atoms with Crippen molar-refractivity contribution in [3.63, 3.8) is 0 Å². The molecule has 0 saturated heterocycles. The molecule has 0 heterocycles. The van der Waals surface area contributed by atoms with Crippen molar-refractivity contribution in [3.8, 4) is 0 Å². The van der Waals surface area contributed by atoms with Crippen molar-refractivity contribution in [1.29, 1.82) is 0 Å². The van der Waals surface area contributed by atoms with Gasteiger partial charge in [0.05, 0.1) is 0 Å². The van der Waals surface area contributed by atoms with Gasteiger partial charge < -0.3 is 16.5 Å². The summed E-state index contributed by atoms with van der Waals surface area (Å²) in [6, 6.07) is 3.37. The van der Waals surface area contributed by atoms with Crippen LogP contribution < -0.4 is 0 Å². The third kappa shape index (κ3) is 8.58. The standard InChI is InChI=1S/C18H42O4Si5/c1-13-26(14-2,15-3)21-24(9,10)19-23(7,8)20-25(11,12)22-27(16-4,17-5)18-6/h13-15H,1-3,16-18H2,4-12H3. The maximum atomic E-state index is 6.73. The first kappa shape index (κ1) is 27.1. The van der Waals surface area contributed by atoms with Crippen LogP contribution in [0.4, 0.5) is 0 Å². The Hall–Kier alpha value is 0.144. The molecule has 0 rings (SSSR count). The molecule has 0 aromatic carbocycles. The molecule has 0 radical (unpaired) electrons. The average molecular weight is 463 g/mol. The van der Waals surface area contributed by atoms with Crippen LogP contribution in [-0.4, -0.2) is 42.3 Å². The Labute approximate surface area is 173 Å². The van der Waals surface area contributed by atoms with Gasteiger partial charge in [0.15, 0.2) is 8.32 Å². The van der Waals surface area contributed by atoms with Crippen molar-refractivity contribution in [3.05, 3.63) is 36.8 Å². The maximum absolute atomic E-state index is 6.73. The highest BCUT2D eigenvalue weighted by Crippen LogP contribution is 2.30. The van der Waals surface area contributed by atoms with Crippen molar-refractivity contribution in [2.24, 2.45) is 0 Å². The summed E-state index contributed by atoms with van der Waals surface area (Å²) < 4.78 is 26.3. The summed E-state index contributed by atoms with van der Waals surface area (Å²) >= 11 is 0. The lowest BCUT2D eigenvalue weighted by molar-refractivity contribution is 0.299. The first-order valence-corrected chi connectivity index (χ1v) is 23.0. The highest BCUT2D eigenvalue weighted by Gasteiger charge is 2.46. The zero-order valence-electron chi connectivity index (χ0n) is 19.1. The first-order chi connectivity index (χ1) is 12.2. The molecule has 0 atom stereocenters. The lowest BCUT2D eigenvalue weighted by Crippen LogP contribution is -2.59. The summed E-state index contributed by atoms with van der Waals surface area (Å²) in [6.07, 6.45) is 0. The Morgan fingerprint density at radius 2 is 0.852 bits per heavy atom. The highest BCUT2D eigenvalue weighted by molar-refractivity contribution is 6.95. The van der Waals surface area contributed by atoms with E-state index in [9.17, 15) is 0 Å². The second-order valence-electron chi connectivity index (χ2n) is 8.32. The van der Waals surface area contributed by atoms with Crippen LogP contribution in [0.25, 0.3) is 0 Å². The predicted molar refractivity (Wildman–Crippen MR) is 130 cm³/mol. The van der Waals surface area contributed by atoms with Gasteiger partial charge in [-0.15, -0.1) is 19.7 Å². The fraction of sp³-hybridized carbons (Fsp3) is 0.667. The van der Waals surface area contributed by atoms with E-state index in [0.717, 1.165) is 18.1 Å². The Kier molecular flexibility index (Phi) is 10.3. The molecule has 9 heteroatoms. The van der Waals surface area contributed by atoms with Crippen LogP contribution in [0.3, 0.4) is 0 Å². The lowest BCUT2D eigenvalue weighted by Gasteiger charge is -2.43. The molecule has 0 bridgehead atoms. The molecule has 0 aliphatic carbocycles.